The second-order valence-electron chi connectivity index (χ2n) is 6.67. The summed E-state index contributed by atoms with van der Waals surface area (Å²) < 4.78 is 40.5. The minimum atomic E-state index is -3.60. The molecule has 2 N–H and O–H groups in total. The van der Waals surface area contributed by atoms with E-state index in [1.54, 1.807) is 39.8 Å². The highest BCUT2D eigenvalue weighted by Crippen LogP contribution is 2.15. The first kappa shape index (κ1) is 18.4. The van der Waals surface area contributed by atoms with Crippen LogP contribution in [-0.2, 0) is 16.6 Å². The molecule has 0 saturated carbocycles. The third-order valence-corrected chi connectivity index (χ3v) is 4.94. The van der Waals surface area contributed by atoms with Crippen LogP contribution in [0.1, 0.15) is 31.9 Å². The SMILES string of the molecule is Cc1ccc(CNc2ccc(S(=O)(=O)NC(C)(C)C)cn2)cc1F. The third kappa shape index (κ3) is 5.01. The smallest absolute Gasteiger partial charge is 0.242 e. The van der Waals surface area contributed by atoms with E-state index in [1.807, 2.05) is 6.07 Å². The Bertz CT molecular complexity index is 813. The summed E-state index contributed by atoms with van der Waals surface area (Å²) in [6.07, 6.45) is 1.30. The Labute approximate surface area is 142 Å². The zero-order valence-corrected chi connectivity index (χ0v) is 15.0. The first-order chi connectivity index (χ1) is 11.1. The van der Waals surface area contributed by atoms with Gasteiger partial charge in [0, 0.05) is 18.3 Å². The molecule has 0 atom stereocenters. The van der Waals surface area contributed by atoms with Gasteiger partial charge in [0.1, 0.15) is 16.5 Å². The fraction of sp³-hybridized carbons (Fsp3) is 0.353. The molecule has 24 heavy (non-hydrogen) atoms. The van der Waals surface area contributed by atoms with Crippen LogP contribution >= 0.6 is 0 Å². The van der Waals surface area contributed by atoms with Crippen LogP contribution < -0.4 is 10.0 Å². The molecule has 1 aromatic heterocycles. The van der Waals surface area contributed by atoms with Gasteiger partial charge >= 0.3 is 0 Å². The van der Waals surface area contributed by atoms with Gasteiger partial charge in [-0.05, 0) is 57.0 Å². The summed E-state index contributed by atoms with van der Waals surface area (Å²) in [6, 6.07) is 8.08. The van der Waals surface area contributed by atoms with E-state index in [4.69, 9.17) is 0 Å². The molecule has 7 heteroatoms. The molecule has 0 saturated heterocycles. The van der Waals surface area contributed by atoms with E-state index in [9.17, 15) is 12.8 Å². The quantitative estimate of drug-likeness (QED) is 0.868. The van der Waals surface area contributed by atoms with Crippen molar-refractivity contribution in [1.29, 1.82) is 0 Å². The predicted molar refractivity (Wildman–Crippen MR) is 92.8 cm³/mol. The number of sulfonamides is 1. The molecule has 0 aliphatic carbocycles. The number of hydrogen-bond donors (Lipinski definition) is 2. The number of pyridine rings is 1. The maximum absolute atomic E-state index is 13.5. The van der Waals surface area contributed by atoms with E-state index >= 15 is 0 Å². The van der Waals surface area contributed by atoms with Crippen molar-refractivity contribution < 1.29 is 12.8 Å². The molecular weight excluding hydrogens is 329 g/mol. The number of hydrogen-bond acceptors (Lipinski definition) is 4. The fourth-order valence-corrected chi connectivity index (χ4v) is 3.41. The lowest BCUT2D eigenvalue weighted by Crippen LogP contribution is -2.40. The second kappa shape index (κ2) is 6.86. The maximum Gasteiger partial charge on any atom is 0.242 e. The number of benzene rings is 1. The Hall–Kier alpha value is -1.99. The molecule has 0 unspecified atom stereocenters. The highest BCUT2D eigenvalue weighted by atomic mass is 32.2. The summed E-state index contributed by atoms with van der Waals surface area (Å²) >= 11 is 0. The van der Waals surface area contributed by atoms with Crippen molar-refractivity contribution in [3.05, 3.63) is 53.5 Å². The Kier molecular flexibility index (Phi) is 5.25. The van der Waals surface area contributed by atoms with Gasteiger partial charge in [0.25, 0.3) is 0 Å². The van der Waals surface area contributed by atoms with Crippen molar-refractivity contribution in [2.75, 3.05) is 5.32 Å². The molecular formula is C17H22FN3O2S. The topological polar surface area (TPSA) is 71.1 Å². The standard InChI is InChI=1S/C17H22FN3O2S/c1-12-5-6-13(9-15(12)18)10-19-16-8-7-14(11-20-16)24(22,23)21-17(2,3)4/h5-9,11,21H,10H2,1-4H3,(H,19,20). The van der Waals surface area contributed by atoms with Gasteiger partial charge in [-0.1, -0.05) is 12.1 Å². The van der Waals surface area contributed by atoms with Gasteiger partial charge in [-0.3, -0.25) is 0 Å². The van der Waals surface area contributed by atoms with Gasteiger partial charge in [-0.15, -0.1) is 0 Å². The first-order valence-corrected chi connectivity index (χ1v) is 9.04. The number of anilines is 1. The predicted octanol–water partition coefficient (Wildman–Crippen LogP) is 3.22. The minimum Gasteiger partial charge on any atom is -0.366 e. The van der Waals surface area contributed by atoms with Crippen molar-refractivity contribution in [1.82, 2.24) is 9.71 Å². The summed E-state index contributed by atoms with van der Waals surface area (Å²) in [6.45, 7) is 7.42. The summed E-state index contributed by atoms with van der Waals surface area (Å²) in [5.74, 6) is 0.266. The van der Waals surface area contributed by atoms with E-state index < -0.39 is 15.6 Å². The zero-order chi connectivity index (χ0) is 18.0. The van der Waals surface area contributed by atoms with Crippen LogP contribution in [0.25, 0.3) is 0 Å². The van der Waals surface area contributed by atoms with Crippen molar-refractivity contribution in [3.8, 4) is 0 Å². The van der Waals surface area contributed by atoms with Crippen LogP contribution in [0.4, 0.5) is 10.2 Å². The van der Waals surface area contributed by atoms with Gasteiger partial charge in [-0.2, -0.15) is 0 Å². The molecule has 0 bridgehead atoms. The Balaban J connectivity index is 2.05. The van der Waals surface area contributed by atoms with E-state index in [1.165, 1.54) is 18.3 Å². The normalized spacial score (nSPS) is 12.2. The van der Waals surface area contributed by atoms with Gasteiger partial charge in [-0.25, -0.2) is 22.5 Å². The summed E-state index contributed by atoms with van der Waals surface area (Å²) in [5, 5.41) is 3.04. The van der Waals surface area contributed by atoms with Crippen molar-refractivity contribution in [2.45, 2.75) is 44.7 Å². The zero-order valence-electron chi connectivity index (χ0n) is 14.2. The third-order valence-electron chi connectivity index (χ3n) is 3.20. The van der Waals surface area contributed by atoms with Crippen LogP contribution in [0.2, 0.25) is 0 Å². The van der Waals surface area contributed by atoms with E-state index in [-0.39, 0.29) is 10.7 Å². The molecule has 0 aliphatic heterocycles. The van der Waals surface area contributed by atoms with Crippen LogP contribution in [0, 0.1) is 12.7 Å². The monoisotopic (exact) mass is 351 g/mol. The molecule has 2 rings (SSSR count). The lowest BCUT2D eigenvalue weighted by atomic mass is 10.1. The number of nitrogens with one attached hydrogen (secondary N) is 2. The summed E-state index contributed by atoms with van der Waals surface area (Å²) in [4.78, 5) is 4.21. The minimum absolute atomic E-state index is 0.101. The molecule has 0 radical (unpaired) electrons. The highest BCUT2D eigenvalue weighted by Gasteiger charge is 2.22. The van der Waals surface area contributed by atoms with Crippen LogP contribution in [0.5, 0.6) is 0 Å². The molecule has 5 nitrogen and oxygen atoms in total. The van der Waals surface area contributed by atoms with Gasteiger partial charge in [0.05, 0.1) is 0 Å². The lowest BCUT2D eigenvalue weighted by molar-refractivity contribution is 0.491. The van der Waals surface area contributed by atoms with E-state index in [0.717, 1.165) is 5.56 Å². The molecule has 1 heterocycles. The van der Waals surface area contributed by atoms with Gasteiger partial charge in [0.2, 0.25) is 10.0 Å². The number of aromatic nitrogens is 1. The highest BCUT2D eigenvalue weighted by molar-refractivity contribution is 7.89. The second-order valence-corrected chi connectivity index (χ2v) is 8.35. The van der Waals surface area contributed by atoms with Gasteiger partial charge in [0.15, 0.2) is 0 Å². The first-order valence-electron chi connectivity index (χ1n) is 7.56. The number of rotatable bonds is 5. The van der Waals surface area contributed by atoms with Crippen LogP contribution in [0.15, 0.2) is 41.4 Å². The Morgan fingerprint density at radius 1 is 1.17 bits per heavy atom. The molecule has 2 aromatic rings. The lowest BCUT2D eigenvalue weighted by Gasteiger charge is -2.20. The largest absolute Gasteiger partial charge is 0.366 e. The van der Waals surface area contributed by atoms with Crippen molar-refractivity contribution in [3.63, 3.8) is 0 Å². The average molecular weight is 351 g/mol. The van der Waals surface area contributed by atoms with E-state index in [2.05, 4.69) is 15.0 Å². The summed E-state index contributed by atoms with van der Waals surface area (Å²) in [7, 11) is -3.60. The van der Waals surface area contributed by atoms with Crippen molar-refractivity contribution in [2.24, 2.45) is 0 Å². The molecule has 130 valence electrons. The fourth-order valence-electron chi connectivity index (χ4n) is 2.04. The number of nitrogens with zero attached hydrogens (tertiary/aromatic N) is 1. The molecule has 0 spiro atoms. The molecule has 1 aromatic carbocycles. The maximum atomic E-state index is 13.5. The van der Waals surface area contributed by atoms with Crippen LogP contribution in [-0.4, -0.2) is 18.9 Å². The Morgan fingerprint density at radius 3 is 2.42 bits per heavy atom. The van der Waals surface area contributed by atoms with Crippen molar-refractivity contribution >= 4 is 15.8 Å². The van der Waals surface area contributed by atoms with Gasteiger partial charge < -0.3 is 5.32 Å². The van der Waals surface area contributed by atoms with E-state index in [0.29, 0.717) is 17.9 Å². The van der Waals surface area contributed by atoms with Crippen LogP contribution in [0.3, 0.4) is 0 Å². The molecule has 0 fully saturated rings. The molecule has 0 amide bonds. The average Bonchev–Trinajstić information content (AvgIpc) is 2.46. The summed E-state index contributed by atoms with van der Waals surface area (Å²) in [5.41, 5.74) is 0.814. The Morgan fingerprint density at radius 2 is 1.88 bits per heavy atom. The molecule has 0 aliphatic rings. The number of aryl methyl sites for hydroxylation is 1. The number of halogens is 1.